The lowest BCUT2D eigenvalue weighted by molar-refractivity contribution is 0.0508. The summed E-state index contributed by atoms with van der Waals surface area (Å²) in [4.78, 5) is 0. The molecule has 84 valence electrons. The van der Waals surface area contributed by atoms with Crippen molar-refractivity contribution >= 4 is 0 Å². The Kier molecular flexibility index (Phi) is 3.93. The molecule has 0 aromatic heterocycles. The van der Waals surface area contributed by atoms with Gasteiger partial charge in [-0.05, 0) is 25.7 Å². The molecule has 0 bridgehead atoms. The molecule has 3 nitrogen and oxygen atoms in total. The van der Waals surface area contributed by atoms with Crippen LogP contribution in [0.25, 0.3) is 0 Å². The van der Waals surface area contributed by atoms with Gasteiger partial charge in [0.2, 0.25) is 0 Å². The first-order chi connectivity index (χ1) is 6.60. The normalized spacial score (nSPS) is 20.6. The van der Waals surface area contributed by atoms with Crippen LogP contribution in [0.5, 0.6) is 0 Å². The molecule has 1 aliphatic rings. The molecule has 0 heterocycles. The Bertz CT molecular complexity index is 156. The van der Waals surface area contributed by atoms with E-state index >= 15 is 0 Å². The topological polar surface area (TPSA) is 52.5 Å². The van der Waals surface area contributed by atoms with Gasteiger partial charge in [-0.1, -0.05) is 13.8 Å². The van der Waals surface area contributed by atoms with Crippen molar-refractivity contribution in [2.45, 2.75) is 45.1 Å². The van der Waals surface area contributed by atoms with Gasteiger partial charge < -0.3 is 15.5 Å². The second-order valence-corrected chi connectivity index (χ2v) is 4.97. The number of hydrogen-bond donors (Lipinski definition) is 3. The molecule has 3 heteroatoms. The largest absolute Gasteiger partial charge is 0.396 e. The van der Waals surface area contributed by atoms with Crippen LogP contribution in [-0.4, -0.2) is 35.5 Å². The zero-order valence-electron chi connectivity index (χ0n) is 9.34. The van der Waals surface area contributed by atoms with Gasteiger partial charge in [0.15, 0.2) is 0 Å². The van der Waals surface area contributed by atoms with E-state index in [2.05, 4.69) is 12.2 Å². The van der Waals surface area contributed by atoms with Crippen molar-refractivity contribution < 1.29 is 10.2 Å². The second-order valence-electron chi connectivity index (χ2n) is 4.97. The van der Waals surface area contributed by atoms with Crippen molar-refractivity contribution in [1.82, 2.24) is 5.32 Å². The lowest BCUT2D eigenvalue weighted by atomic mass is 9.74. The molecule has 1 saturated carbocycles. The number of aliphatic hydroxyl groups excluding tert-OH is 2. The van der Waals surface area contributed by atoms with Crippen LogP contribution >= 0.6 is 0 Å². The van der Waals surface area contributed by atoms with Crippen LogP contribution in [0.4, 0.5) is 0 Å². The average Bonchev–Trinajstić information content (AvgIpc) is 2.16. The first-order valence-electron chi connectivity index (χ1n) is 5.56. The van der Waals surface area contributed by atoms with E-state index in [1.54, 1.807) is 0 Å². The first kappa shape index (κ1) is 12.0. The Balaban J connectivity index is 2.37. The Morgan fingerprint density at radius 1 is 1.29 bits per heavy atom. The van der Waals surface area contributed by atoms with Gasteiger partial charge in [-0.15, -0.1) is 0 Å². The number of aliphatic hydroxyl groups is 2. The van der Waals surface area contributed by atoms with Crippen molar-refractivity contribution in [3.63, 3.8) is 0 Å². The van der Waals surface area contributed by atoms with Gasteiger partial charge in [-0.3, -0.25) is 0 Å². The van der Waals surface area contributed by atoms with Gasteiger partial charge >= 0.3 is 0 Å². The summed E-state index contributed by atoms with van der Waals surface area (Å²) in [5, 5.41) is 21.8. The molecular weight excluding hydrogens is 178 g/mol. The molecule has 0 amide bonds. The summed E-state index contributed by atoms with van der Waals surface area (Å²) in [6, 6.07) is 0. The third-order valence-corrected chi connectivity index (χ3v) is 3.64. The number of rotatable bonds is 6. The fourth-order valence-electron chi connectivity index (χ4n) is 1.82. The molecule has 14 heavy (non-hydrogen) atoms. The highest BCUT2D eigenvalue weighted by molar-refractivity contribution is 4.96. The fourth-order valence-corrected chi connectivity index (χ4v) is 1.82. The summed E-state index contributed by atoms with van der Waals surface area (Å²) in [7, 11) is 0. The summed E-state index contributed by atoms with van der Waals surface area (Å²) < 4.78 is 0. The maximum absolute atomic E-state index is 9.15. The molecular formula is C11H23NO2. The SMILES string of the molecule is CCC1(NCC(C)(CO)CO)CCC1. The van der Waals surface area contributed by atoms with Gasteiger partial charge in [0, 0.05) is 17.5 Å². The lowest BCUT2D eigenvalue weighted by Crippen LogP contribution is -2.54. The third kappa shape index (κ3) is 2.47. The number of hydrogen-bond acceptors (Lipinski definition) is 3. The molecule has 0 aliphatic heterocycles. The molecule has 0 aromatic carbocycles. The summed E-state index contributed by atoms with van der Waals surface area (Å²) >= 11 is 0. The second kappa shape index (κ2) is 4.60. The predicted octanol–water partition coefficient (Wildman–Crippen LogP) is 0.900. The third-order valence-electron chi connectivity index (χ3n) is 3.64. The molecule has 0 atom stereocenters. The van der Waals surface area contributed by atoms with E-state index in [4.69, 9.17) is 10.2 Å². The van der Waals surface area contributed by atoms with Gasteiger partial charge in [0.1, 0.15) is 0 Å². The van der Waals surface area contributed by atoms with Crippen LogP contribution in [-0.2, 0) is 0 Å². The van der Waals surface area contributed by atoms with E-state index in [0.717, 1.165) is 6.42 Å². The van der Waals surface area contributed by atoms with Crippen LogP contribution in [0, 0.1) is 5.41 Å². The smallest absolute Gasteiger partial charge is 0.0519 e. The van der Waals surface area contributed by atoms with Crippen molar-refractivity contribution in [3.05, 3.63) is 0 Å². The minimum Gasteiger partial charge on any atom is -0.396 e. The molecule has 3 N–H and O–H groups in total. The number of nitrogens with one attached hydrogen (secondary N) is 1. The standard InChI is InChI=1S/C11H23NO2/c1-3-11(5-4-6-11)12-7-10(2,8-13)9-14/h12-14H,3-9H2,1-2H3. The molecule has 0 aromatic rings. The van der Waals surface area contributed by atoms with E-state index in [0.29, 0.717) is 12.1 Å². The van der Waals surface area contributed by atoms with Crippen LogP contribution in [0.3, 0.4) is 0 Å². The van der Waals surface area contributed by atoms with Crippen LogP contribution in [0.15, 0.2) is 0 Å². The monoisotopic (exact) mass is 201 g/mol. The maximum Gasteiger partial charge on any atom is 0.0519 e. The van der Waals surface area contributed by atoms with E-state index in [-0.39, 0.29) is 18.6 Å². The van der Waals surface area contributed by atoms with Crippen LogP contribution in [0.1, 0.15) is 39.5 Å². The van der Waals surface area contributed by atoms with E-state index in [9.17, 15) is 0 Å². The van der Waals surface area contributed by atoms with Crippen molar-refractivity contribution in [3.8, 4) is 0 Å². The zero-order chi connectivity index (χ0) is 10.7. The van der Waals surface area contributed by atoms with E-state index in [1.807, 2.05) is 6.92 Å². The molecule has 1 fully saturated rings. The summed E-state index contributed by atoms with van der Waals surface area (Å²) in [5.41, 5.74) is -0.0800. The Morgan fingerprint density at radius 2 is 1.86 bits per heavy atom. The van der Waals surface area contributed by atoms with Crippen molar-refractivity contribution in [2.75, 3.05) is 19.8 Å². The van der Waals surface area contributed by atoms with Gasteiger partial charge in [0.05, 0.1) is 13.2 Å². The minimum atomic E-state index is -0.377. The lowest BCUT2D eigenvalue weighted by Gasteiger charge is -2.44. The van der Waals surface area contributed by atoms with Crippen molar-refractivity contribution in [1.29, 1.82) is 0 Å². The molecule has 1 aliphatic carbocycles. The van der Waals surface area contributed by atoms with Crippen LogP contribution < -0.4 is 5.32 Å². The van der Waals surface area contributed by atoms with Gasteiger partial charge in [-0.2, -0.15) is 0 Å². The zero-order valence-corrected chi connectivity index (χ0v) is 9.34. The van der Waals surface area contributed by atoms with Crippen LogP contribution in [0.2, 0.25) is 0 Å². The highest BCUT2D eigenvalue weighted by atomic mass is 16.3. The summed E-state index contributed by atoms with van der Waals surface area (Å²) in [5.74, 6) is 0. The quantitative estimate of drug-likeness (QED) is 0.598. The highest BCUT2D eigenvalue weighted by Gasteiger charge is 2.36. The first-order valence-corrected chi connectivity index (χ1v) is 5.56. The Labute approximate surface area is 86.5 Å². The Hall–Kier alpha value is -0.120. The molecule has 0 spiro atoms. The predicted molar refractivity (Wildman–Crippen MR) is 57.2 cm³/mol. The summed E-state index contributed by atoms with van der Waals surface area (Å²) in [6.45, 7) is 4.88. The van der Waals surface area contributed by atoms with E-state index in [1.165, 1.54) is 19.3 Å². The minimum absolute atomic E-state index is 0.0380. The molecule has 1 rings (SSSR count). The van der Waals surface area contributed by atoms with Gasteiger partial charge in [0.25, 0.3) is 0 Å². The molecule has 0 unspecified atom stereocenters. The molecule has 0 radical (unpaired) electrons. The highest BCUT2D eigenvalue weighted by Crippen LogP contribution is 2.35. The average molecular weight is 201 g/mol. The maximum atomic E-state index is 9.15. The summed E-state index contributed by atoms with van der Waals surface area (Å²) in [6.07, 6.45) is 4.91. The van der Waals surface area contributed by atoms with Gasteiger partial charge in [-0.25, -0.2) is 0 Å². The van der Waals surface area contributed by atoms with Crippen molar-refractivity contribution in [2.24, 2.45) is 5.41 Å². The van der Waals surface area contributed by atoms with E-state index < -0.39 is 0 Å². The Morgan fingerprint density at radius 3 is 2.14 bits per heavy atom. The molecule has 0 saturated heterocycles. The fraction of sp³-hybridized carbons (Fsp3) is 1.00.